The third kappa shape index (κ3) is 3.99. The zero-order chi connectivity index (χ0) is 14.4. The monoisotopic (exact) mass is 335 g/mol. The van der Waals surface area contributed by atoms with Gasteiger partial charge in [-0.25, -0.2) is 0 Å². The molecule has 0 atom stereocenters. The number of hydrogen-bond acceptors (Lipinski definition) is 3. The highest BCUT2D eigenvalue weighted by molar-refractivity contribution is 9.10. The van der Waals surface area contributed by atoms with Crippen LogP contribution in [0.25, 0.3) is 0 Å². The summed E-state index contributed by atoms with van der Waals surface area (Å²) in [4.78, 5) is 0. The SMILES string of the molecule is CCOc1ccc(Oc2cc(Br)ccc2CCN)cc1. The highest BCUT2D eigenvalue weighted by Gasteiger charge is 2.06. The van der Waals surface area contributed by atoms with Crippen molar-refractivity contribution >= 4 is 15.9 Å². The fourth-order valence-electron chi connectivity index (χ4n) is 1.88. The van der Waals surface area contributed by atoms with E-state index < -0.39 is 0 Å². The maximum absolute atomic E-state index is 5.93. The molecule has 0 aliphatic heterocycles. The van der Waals surface area contributed by atoms with Crippen molar-refractivity contribution in [3.63, 3.8) is 0 Å². The van der Waals surface area contributed by atoms with Crippen molar-refractivity contribution in [2.45, 2.75) is 13.3 Å². The van der Waals surface area contributed by atoms with Gasteiger partial charge in [-0.2, -0.15) is 0 Å². The van der Waals surface area contributed by atoms with Gasteiger partial charge in [-0.05, 0) is 61.9 Å². The molecule has 20 heavy (non-hydrogen) atoms. The molecule has 2 aromatic rings. The molecule has 2 aromatic carbocycles. The highest BCUT2D eigenvalue weighted by Crippen LogP contribution is 2.29. The zero-order valence-electron chi connectivity index (χ0n) is 11.4. The first-order valence-electron chi connectivity index (χ1n) is 6.62. The molecular formula is C16H18BrNO2. The molecule has 0 spiro atoms. The van der Waals surface area contributed by atoms with Gasteiger partial charge in [0.05, 0.1) is 6.61 Å². The maximum Gasteiger partial charge on any atom is 0.131 e. The minimum absolute atomic E-state index is 0.598. The molecule has 0 radical (unpaired) electrons. The summed E-state index contributed by atoms with van der Waals surface area (Å²) >= 11 is 3.46. The zero-order valence-corrected chi connectivity index (χ0v) is 13.0. The second-order valence-corrected chi connectivity index (χ2v) is 5.21. The van der Waals surface area contributed by atoms with Crippen LogP contribution in [0, 0.1) is 0 Å². The average molecular weight is 336 g/mol. The van der Waals surface area contributed by atoms with Crippen molar-refractivity contribution < 1.29 is 9.47 Å². The molecule has 2 N–H and O–H groups in total. The first-order chi connectivity index (χ1) is 9.72. The van der Waals surface area contributed by atoms with Gasteiger partial charge in [0.15, 0.2) is 0 Å². The smallest absolute Gasteiger partial charge is 0.131 e. The standard InChI is InChI=1S/C16H18BrNO2/c1-2-19-14-5-7-15(8-6-14)20-16-11-13(17)4-3-12(16)9-10-18/h3-8,11H,2,9-10,18H2,1H3. The van der Waals surface area contributed by atoms with E-state index in [1.807, 2.05) is 49.4 Å². The largest absolute Gasteiger partial charge is 0.494 e. The van der Waals surface area contributed by atoms with Crippen LogP contribution < -0.4 is 15.2 Å². The van der Waals surface area contributed by atoms with Gasteiger partial charge in [-0.3, -0.25) is 0 Å². The molecule has 0 aromatic heterocycles. The lowest BCUT2D eigenvalue weighted by atomic mass is 10.1. The van der Waals surface area contributed by atoms with E-state index in [9.17, 15) is 0 Å². The summed E-state index contributed by atoms with van der Waals surface area (Å²) in [6.07, 6.45) is 0.791. The van der Waals surface area contributed by atoms with Crippen molar-refractivity contribution in [3.8, 4) is 17.2 Å². The van der Waals surface area contributed by atoms with Crippen LogP contribution in [0.2, 0.25) is 0 Å². The van der Waals surface area contributed by atoms with Crippen molar-refractivity contribution in [1.82, 2.24) is 0 Å². The highest BCUT2D eigenvalue weighted by atomic mass is 79.9. The predicted octanol–water partition coefficient (Wildman–Crippen LogP) is 4.14. The number of halogens is 1. The maximum atomic E-state index is 5.93. The normalized spacial score (nSPS) is 10.3. The van der Waals surface area contributed by atoms with Crippen molar-refractivity contribution in [2.24, 2.45) is 5.73 Å². The first kappa shape index (κ1) is 14.9. The van der Waals surface area contributed by atoms with E-state index in [1.165, 1.54) is 0 Å². The van der Waals surface area contributed by atoms with Crippen molar-refractivity contribution in [3.05, 3.63) is 52.5 Å². The topological polar surface area (TPSA) is 44.5 Å². The van der Waals surface area contributed by atoms with Gasteiger partial charge in [-0.15, -0.1) is 0 Å². The lowest BCUT2D eigenvalue weighted by Crippen LogP contribution is -2.04. The Hall–Kier alpha value is -1.52. The summed E-state index contributed by atoms with van der Waals surface area (Å²) in [5, 5.41) is 0. The van der Waals surface area contributed by atoms with E-state index in [1.54, 1.807) is 0 Å². The lowest BCUT2D eigenvalue weighted by molar-refractivity contribution is 0.339. The molecule has 0 aliphatic rings. The van der Waals surface area contributed by atoms with E-state index in [0.29, 0.717) is 13.2 Å². The van der Waals surface area contributed by atoms with Crippen molar-refractivity contribution in [1.29, 1.82) is 0 Å². The lowest BCUT2D eigenvalue weighted by Gasteiger charge is -2.12. The summed E-state index contributed by atoms with van der Waals surface area (Å²) in [5.41, 5.74) is 6.73. The molecule has 3 nitrogen and oxygen atoms in total. The Kier molecular flexibility index (Phi) is 5.44. The average Bonchev–Trinajstić information content (AvgIpc) is 2.44. The molecule has 0 heterocycles. The predicted molar refractivity (Wildman–Crippen MR) is 84.6 cm³/mol. The van der Waals surface area contributed by atoms with E-state index in [4.69, 9.17) is 15.2 Å². The Labute approximate surface area is 127 Å². The molecule has 4 heteroatoms. The summed E-state index contributed by atoms with van der Waals surface area (Å²) < 4.78 is 12.3. The third-order valence-corrected chi connectivity index (χ3v) is 3.30. The summed E-state index contributed by atoms with van der Waals surface area (Å²) in [5.74, 6) is 2.45. The molecule has 0 aliphatic carbocycles. The van der Waals surface area contributed by atoms with E-state index in [0.717, 1.165) is 33.7 Å². The summed E-state index contributed by atoms with van der Waals surface area (Å²) in [6, 6.07) is 13.6. The molecule has 2 rings (SSSR count). The molecule has 0 saturated heterocycles. The fourth-order valence-corrected chi connectivity index (χ4v) is 2.22. The Balaban J connectivity index is 2.18. The van der Waals surface area contributed by atoms with Crippen molar-refractivity contribution in [2.75, 3.05) is 13.2 Å². The molecule has 0 bridgehead atoms. The Bertz CT molecular complexity index is 555. The van der Waals surface area contributed by atoms with Crippen LogP contribution in [0.1, 0.15) is 12.5 Å². The Morgan fingerprint density at radius 2 is 1.75 bits per heavy atom. The van der Waals surface area contributed by atoms with E-state index in [-0.39, 0.29) is 0 Å². The van der Waals surface area contributed by atoms with Gasteiger partial charge in [0.1, 0.15) is 17.2 Å². The van der Waals surface area contributed by atoms with Gasteiger partial charge in [0.25, 0.3) is 0 Å². The number of rotatable bonds is 6. The summed E-state index contributed by atoms with van der Waals surface area (Å²) in [7, 11) is 0. The second-order valence-electron chi connectivity index (χ2n) is 4.30. The minimum Gasteiger partial charge on any atom is -0.494 e. The molecule has 0 amide bonds. The van der Waals surface area contributed by atoms with E-state index >= 15 is 0 Å². The molecule has 106 valence electrons. The Morgan fingerprint density at radius 3 is 2.40 bits per heavy atom. The van der Waals surface area contributed by atoms with Gasteiger partial charge in [0.2, 0.25) is 0 Å². The van der Waals surface area contributed by atoms with E-state index in [2.05, 4.69) is 15.9 Å². The molecule has 0 fully saturated rings. The molecule has 0 unspecified atom stereocenters. The van der Waals surface area contributed by atoms with Crippen LogP contribution in [0.15, 0.2) is 46.9 Å². The quantitative estimate of drug-likeness (QED) is 0.862. The van der Waals surface area contributed by atoms with Gasteiger partial charge in [-0.1, -0.05) is 22.0 Å². The van der Waals surface area contributed by atoms with Crippen LogP contribution in [-0.2, 0) is 6.42 Å². The minimum atomic E-state index is 0.598. The number of nitrogens with two attached hydrogens (primary N) is 1. The van der Waals surface area contributed by atoms with Crippen LogP contribution in [0.4, 0.5) is 0 Å². The van der Waals surface area contributed by atoms with Crippen LogP contribution >= 0.6 is 15.9 Å². The third-order valence-electron chi connectivity index (χ3n) is 2.81. The number of benzene rings is 2. The number of ether oxygens (including phenoxy) is 2. The van der Waals surface area contributed by atoms with Crippen LogP contribution in [0.5, 0.6) is 17.2 Å². The molecule has 0 saturated carbocycles. The fraction of sp³-hybridized carbons (Fsp3) is 0.250. The summed E-state index contributed by atoms with van der Waals surface area (Å²) in [6.45, 7) is 3.22. The number of hydrogen-bond donors (Lipinski definition) is 1. The van der Waals surface area contributed by atoms with Gasteiger partial charge >= 0.3 is 0 Å². The molecular weight excluding hydrogens is 318 g/mol. The van der Waals surface area contributed by atoms with Gasteiger partial charge in [0, 0.05) is 4.47 Å². The first-order valence-corrected chi connectivity index (χ1v) is 7.41. The van der Waals surface area contributed by atoms with Crippen LogP contribution in [-0.4, -0.2) is 13.2 Å². The van der Waals surface area contributed by atoms with Gasteiger partial charge < -0.3 is 15.2 Å². The van der Waals surface area contributed by atoms with Crippen LogP contribution in [0.3, 0.4) is 0 Å². The second kappa shape index (κ2) is 7.31. The Morgan fingerprint density at radius 1 is 1.05 bits per heavy atom.